The molecule has 0 saturated carbocycles. The summed E-state index contributed by atoms with van der Waals surface area (Å²) in [6, 6.07) is 4.50. The summed E-state index contributed by atoms with van der Waals surface area (Å²) in [5.41, 5.74) is 0.391. The Morgan fingerprint density at radius 3 is 2.78 bits per heavy atom. The summed E-state index contributed by atoms with van der Waals surface area (Å²) in [5, 5.41) is 3.69. The third kappa shape index (κ3) is 5.58. The van der Waals surface area contributed by atoms with Crippen LogP contribution in [0, 0.1) is 5.92 Å². The Bertz CT molecular complexity index is 721. The number of sulfone groups is 1. The van der Waals surface area contributed by atoms with E-state index in [1.165, 1.54) is 12.1 Å². The lowest BCUT2D eigenvalue weighted by atomic mass is 10.1. The molecular formula is C14H14BrF2NO4S. The van der Waals surface area contributed by atoms with Crippen molar-refractivity contribution in [1.29, 1.82) is 0 Å². The van der Waals surface area contributed by atoms with E-state index in [2.05, 4.69) is 26.0 Å². The second-order valence-corrected chi connectivity index (χ2v) is 7.88. The molecule has 0 saturated heterocycles. The summed E-state index contributed by atoms with van der Waals surface area (Å²) < 4.78 is 52.3. The lowest BCUT2D eigenvalue weighted by Crippen LogP contribution is -2.26. The van der Waals surface area contributed by atoms with E-state index in [0.717, 1.165) is 5.41 Å². The summed E-state index contributed by atoms with van der Waals surface area (Å²) in [4.78, 5) is 11.9. The molecule has 1 amide bonds. The molecule has 2 rings (SSSR count). The van der Waals surface area contributed by atoms with Gasteiger partial charge >= 0.3 is 6.61 Å². The van der Waals surface area contributed by atoms with E-state index >= 15 is 0 Å². The molecule has 1 aromatic carbocycles. The molecule has 0 bridgehead atoms. The van der Waals surface area contributed by atoms with E-state index in [4.69, 9.17) is 0 Å². The first-order valence-corrected chi connectivity index (χ1v) is 9.17. The molecule has 1 aliphatic heterocycles. The van der Waals surface area contributed by atoms with Crippen molar-refractivity contribution in [3.05, 3.63) is 39.7 Å². The van der Waals surface area contributed by atoms with Crippen molar-refractivity contribution >= 4 is 31.7 Å². The molecule has 126 valence electrons. The van der Waals surface area contributed by atoms with Crippen LogP contribution >= 0.6 is 15.9 Å². The van der Waals surface area contributed by atoms with Gasteiger partial charge in [0.05, 0.1) is 5.75 Å². The van der Waals surface area contributed by atoms with Crippen molar-refractivity contribution in [2.75, 3.05) is 5.75 Å². The normalized spacial score (nSPS) is 19.0. The number of hydrogen-bond donors (Lipinski definition) is 1. The maximum Gasteiger partial charge on any atom is 0.387 e. The van der Waals surface area contributed by atoms with Crippen LogP contribution in [0.2, 0.25) is 0 Å². The highest BCUT2D eigenvalue weighted by Crippen LogP contribution is 2.25. The van der Waals surface area contributed by atoms with Gasteiger partial charge in [-0.2, -0.15) is 8.78 Å². The summed E-state index contributed by atoms with van der Waals surface area (Å²) in [6.45, 7) is -2.96. The fourth-order valence-corrected chi connectivity index (χ4v) is 3.98. The van der Waals surface area contributed by atoms with Gasteiger partial charge in [0.1, 0.15) is 5.75 Å². The number of allylic oxidation sites excluding steroid dienone is 1. The van der Waals surface area contributed by atoms with E-state index in [1.807, 2.05) is 0 Å². The van der Waals surface area contributed by atoms with Gasteiger partial charge in [0.2, 0.25) is 5.91 Å². The third-order valence-corrected chi connectivity index (χ3v) is 5.12. The van der Waals surface area contributed by atoms with Crippen LogP contribution in [0.4, 0.5) is 8.78 Å². The van der Waals surface area contributed by atoms with Crippen molar-refractivity contribution in [3.8, 4) is 5.75 Å². The number of nitrogens with one attached hydrogen (secondary N) is 1. The average molecular weight is 410 g/mol. The Hall–Kier alpha value is -1.48. The van der Waals surface area contributed by atoms with Gasteiger partial charge in [0.15, 0.2) is 9.84 Å². The van der Waals surface area contributed by atoms with Gasteiger partial charge in [-0.05, 0) is 18.2 Å². The standard InChI is InChI=1S/C14H14BrF2NO4S/c15-11-1-2-12(22-14(16)17)10(6-11)7-18-13(19)5-9-3-4-23(20,21)8-9/h1-4,6,9,14H,5,7-8H2,(H,18,19)/t9-/m0/s1. The van der Waals surface area contributed by atoms with Gasteiger partial charge in [0.25, 0.3) is 0 Å². The number of alkyl halides is 2. The van der Waals surface area contributed by atoms with Crippen LogP contribution in [0.15, 0.2) is 34.2 Å². The van der Waals surface area contributed by atoms with Crippen LogP contribution in [-0.2, 0) is 21.2 Å². The smallest absolute Gasteiger partial charge is 0.387 e. The van der Waals surface area contributed by atoms with Crippen molar-refractivity contribution < 1.29 is 26.7 Å². The first kappa shape index (κ1) is 17.9. The van der Waals surface area contributed by atoms with Crippen LogP contribution in [0.1, 0.15) is 12.0 Å². The zero-order chi connectivity index (χ0) is 17.0. The maximum atomic E-state index is 12.4. The zero-order valence-corrected chi connectivity index (χ0v) is 14.2. The molecule has 0 spiro atoms. The van der Waals surface area contributed by atoms with Crippen LogP contribution in [0.25, 0.3) is 0 Å². The molecule has 0 unspecified atom stereocenters. The van der Waals surface area contributed by atoms with E-state index < -0.39 is 16.4 Å². The van der Waals surface area contributed by atoms with Crippen LogP contribution < -0.4 is 10.1 Å². The Morgan fingerprint density at radius 1 is 1.43 bits per heavy atom. The highest BCUT2D eigenvalue weighted by Gasteiger charge is 2.23. The van der Waals surface area contributed by atoms with E-state index in [-0.39, 0.29) is 36.3 Å². The van der Waals surface area contributed by atoms with Crippen molar-refractivity contribution in [1.82, 2.24) is 5.32 Å². The molecule has 0 aliphatic carbocycles. The van der Waals surface area contributed by atoms with E-state index in [9.17, 15) is 22.0 Å². The number of carbonyl (C=O) groups excluding carboxylic acids is 1. The number of carbonyl (C=O) groups is 1. The highest BCUT2D eigenvalue weighted by atomic mass is 79.9. The summed E-state index contributed by atoms with van der Waals surface area (Å²) >= 11 is 3.22. The molecule has 1 N–H and O–H groups in total. The third-order valence-electron chi connectivity index (χ3n) is 3.17. The predicted molar refractivity (Wildman–Crippen MR) is 83.7 cm³/mol. The second kappa shape index (κ2) is 7.39. The molecule has 9 heteroatoms. The molecular weight excluding hydrogens is 396 g/mol. The van der Waals surface area contributed by atoms with Gasteiger partial charge in [-0.1, -0.05) is 22.0 Å². The molecule has 0 aromatic heterocycles. The highest BCUT2D eigenvalue weighted by molar-refractivity contribution is 9.10. The minimum Gasteiger partial charge on any atom is -0.434 e. The number of rotatable bonds is 6. The summed E-state index contributed by atoms with van der Waals surface area (Å²) in [7, 11) is -3.20. The maximum absolute atomic E-state index is 12.4. The van der Waals surface area contributed by atoms with Crippen LogP contribution in [-0.4, -0.2) is 26.7 Å². The fourth-order valence-electron chi connectivity index (χ4n) is 2.17. The number of benzene rings is 1. The van der Waals surface area contributed by atoms with Gasteiger partial charge in [0, 0.05) is 34.3 Å². The largest absolute Gasteiger partial charge is 0.434 e. The lowest BCUT2D eigenvalue weighted by Gasteiger charge is -2.13. The topological polar surface area (TPSA) is 72.5 Å². The number of ether oxygens (including phenoxy) is 1. The number of hydrogen-bond acceptors (Lipinski definition) is 4. The minimum absolute atomic E-state index is 0.00348. The molecule has 1 heterocycles. The SMILES string of the molecule is O=C(C[C@@H]1C=CS(=O)(=O)C1)NCc1cc(Br)ccc1OC(F)F. The van der Waals surface area contributed by atoms with Crippen molar-refractivity contribution in [3.63, 3.8) is 0 Å². The van der Waals surface area contributed by atoms with Crippen molar-refractivity contribution in [2.45, 2.75) is 19.6 Å². The molecule has 0 fully saturated rings. The predicted octanol–water partition coefficient (Wildman–Crippen LogP) is 2.62. The van der Waals surface area contributed by atoms with Gasteiger partial charge in [-0.25, -0.2) is 8.42 Å². The monoisotopic (exact) mass is 409 g/mol. The molecule has 1 atom stereocenters. The first-order chi connectivity index (χ1) is 10.7. The van der Waals surface area contributed by atoms with E-state index in [1.54, 1.807) is 12.1 Å². The first-order valence-electron chi connectivity index (χ1n) is 6.66. The summed E-state index contributed by atoms with van der Waals surface area (Å²) in [6.07, 6.45) is 1.51. The molecule has 1 aromatic rings. The molecule has 23 heavy (non-hydrogen) atoms. The zero-order valence-electron chi connectivity index (χ0n) is 11.8. The quantitative estimate of drug-likeness (QED) is 0.783. The minimum atomic E-state index is -3.20. The van der Waals surface area contributed by atoms with Gasteiger partial charge in [-0.3, -0.25) is 4.79 Å². The molecule has 0 radical (unpaired) electrons. The number of halogens is 3. The van der Waals surface area contributed by atoms with Gasteiger partial charge in [-0.15, -0.1) is 0 Å². The van der Waals surface area contributed by atoms with Crippen LogP contribution in [0.5, 0.6) is 5.75 Å². The Balaban J connectivity index is 1.94. The molecule has 5 nitrogen and oxygen atoms in total. The van der Waals surface area contributed by atoms with Crippen LogP contribution in [0.3, 0.4) is 0 Å². The Morgan fingerprint density at radius 2 is 2.17 bits per heavy atom. The lowest BCUT2D eigenvalue weighted by molar-refractivity contribution is -0.121. The average Bonchev–Trinajstić information content (AvgIpc) is 2.77. The number of amides is 1. The molecule has 1 aliphatic rings. The second-order valence-electron chi connectivity index (χ2n) is 5.03. The van der Waals surface area contributed by atoms with Crippen molar-refractivity contribution in [2.24, 2.45) is 5.92 Å². The Kier molecular flexibility index (Phi) is 5.74. The Labute approximate surface area is 140 Å². The summed E-state index contributed by atoms with van der Waals surface area (Å²) in [5.74, 6) is -0.831. The fraction of sp³-hybridized carbons (Fsp3) is 0.357. The van der Waals surface area contributed by atoms with E-state index in [0.29, 0.717) is 10.0 Å². The van der Waals surface area contributed by atoms with Gasteiger partial charge < -0.3 is 10.1 Å².